The van der Waals surface area contributed by atoms with Crippen LogP contribution in [0.4, 0.5) is 0 Å². The molecule has 0 aromatic heterocycles. The molecule has 1 fully saturated rings. The lowest BCUT2D eigenvalue weighted by Gasteiger charge is -2.41. The molecular weight excluding hydrogens is 463 g/mol. The minimum atomic E-state index is -4.73. The van der Waals surface area contributed by atoms with Crippen molar-refractivity contribution < 1.29 is 47.3 Å². The van der Waals surface area contributed by atoms with Gasteiger partial charge in [0, 0.05) is 39.2 Å². The van der Waals surface area contributed by atoms with E-state index in [1.807, 2.05) is 0 Å². The van der Waals surface area contributed by atoms with Crippen LogP contribution in [0.5, 0.6) is 0 Å². The number of methoxy groups -OCH3 is 1. The van der Waals surface area contributed by atoms with Crippen molar-refractivity contribution in [2.45, 2.75) is 37.6 Å². The van der Waals surface area contributed by atoms with Gasteiger partial charge in [-0.1, -0.05) is 0 Å². The highest BCUT2D eigenvalue weighted by molar-refractivity contribution is 8.10. The van der Waals surface area contributed by atoms with Gasteiger partial charge in [-0.25, -0.2) is 12.5 Å². The maximum Gasteiger partial charge on any atom is 0.356 e. The molecule has 0 saturated carbocycles. The van der Waals surface area contributed by atoms with Crippen LogP contribution in [0, 0.1) is 0 Å². The highest BCUT2D eigenvalue weighted by atomic mass is 35.7. The zero-order valence-electron chi connectivity index (χ0n) is 11.7. The minimum Gasteiger partial charge on any atom is -0.353 e. The Morgan fingerprint density at radius 2 is 1.12 bits per heavy atom. The molecule has 0 aromatic rings. The van der Waals surface area contributed by atoms with E-state index in [1.165, 1.54) is 6.92 Å². The summed E-state index contributed by atoms with van der Waals surface area (Å²) >= 11 is 0. The van der Waals surface area contributed by atoms with Gasteiger partial charge in [-0.05, 0) is 6.92 Å². The van der Waals surface area contributed by atoms with Gasteiger partial charge in [-0.2, -0.15) is 25.3 Å². The van der Waals surface area contributed by atoms with Gasteiger partial charge in [-0.15, -0.1) is 0 Å². The highest BCUT2D eigenvalue weighted by Gasteiger charge is 2.52. The van der Waals surface area contributed by atoms with E-state index in [-0.39, 0.29) is 0 Å². The third-order valence-electron chi connectivity index (χ3n) is 2.64. The summed E-state index contributed by atoms with van der Waals surface area (Å²) in [6, 6.07) is 0. The Bertz CT molecular complexity index is 748. The van der Waals surface area contributed by atoms with Gasteiger partial charge in [-0.3, -0.25) is 0 Å². The molecular formula is C7H11Cl3O11S3. The first-order valence-electron chi connectivity index (χ1n) is 5.70. The Morgan fingerprint density at radius 3 is 1.50 bits per heavy atom. The lowest BCUT2D eigenvalue weighted by molar-refractivity contribution is -0.268. The summed E-state index contributed by atoms with van der Waals surface area (Å²) in [4.78, 5) is 0. The molecule has 0 radical (unpaired) electrons. The van der Waals surface area contributed by atoms with E-state index in [4.69, 9.17) is 41.5 Å². The smallest absolute Gasteiger partial charge is 0.353 e. The van der Waals surface area contributed by atoms with Gasteiger partial charge in [0.15, 0.2) is 12.4 Å². The molecule has 1 rings (SSSR count). The molecule has 11 nitrogen and oxygen atoms in total. The molecule has 0 amide bonds. The van der Waals surface area contributed by atoms with Crippen molar-refractivity contribution in [3.63, 3.8) is 0 Å². The van der Waals surface area contributed by atoms with Crippen LogP contribution >= 0.6 is 32.0 Å². The fraction of sp³-hybridized carbons (Fsp3) is 1.00. The Kier molecular flexibility index (Phi) is 7.56. The Morgan fingerprint density at radius 1 is 0.750 bits per heavy atom. The second-order valence-electron chi connectivity index (χ2n) is 4.31. The second kappa shape index (κ2) is 8.04. The van der Waals surface area contributed by atoms with Crippen molar-refractivity contribution in [2.24, 2.45) is 0 Å². The third kappa shape index (κ3) is 7.41. The van der Waals surface area contributed by atoms with Crippen LogP contribution in [0.3, 0.4) is 0 Å². The van der Waals surface area contributed by atoms with Crippen LogP contribution in [-0.4, -0.2) is 63.1 Å². The van der Waals surface area contributed by atoms with Crippen LogP contribution in [0.25, 0.3) is 0 Å². The molecule has 0 unspecified atom stereocenters. The van der Waals surface area contributed by atoms with Crippen molar-refractivity contribution in [1.29, 1.82) is 0 Å². The van der Waals surface area contributed by atoms with Crippen LogP contribution in [0.1, 0.15) is 6.92 Å². The lowest BCUT2D eigenvalue weighted by atomic mass is 10.0. The summed E-state index contributed by atoms with van der Waals surface area (Å²) in [5.74, 6) is 0. The van der Waals surface area contributed by atoms with Crippen LogP contribution in [0.15, 0.2) is 0 Å². The average Bonchev–Trinajstić information content (AvgIpc) is 2.32. The fourth-order valence-corrected chi connectivity index (χ4v) is 4.14. The molecule has 5 atom stereocenters. The first-order valence-corrected chi connectivity index (χ1v) is 12.4. The topological polar surface area (TPSA) is 149 Å². The van der Waals surface area contributed by atoms with E-state index in [1.54, 1.807) is 0 Å². The quantitative estimate of drug-likeness (QED) is 0.459. The summed E-state index contributed by atoms with van der Waals surface area (Å²) in [6.07, 6.45) is -8.29. The standard InChI is InChI=1S/C7H11Cl3O11S3/c1-3-4(19-22(8,11)12)5(20-23(9,13)14)6(7(17-2)18-3)21-24(10,15)16/h3-7H,1-2H3/t3-,4+,5+,6-,7-/m0/s1. The number of rotatable bonds is 7. The molecule has 1 heterocycles. The fourth-order valence-electron chi connectivity index (χ4n) is 1.91. The predicted octanol–water partition coefficient (Wildman–Crippen LogP) is -0.0160. The monoisotopic (exact) mass is 472 g/mol. The predicted molar refractivity (Wildman–Crippen MR) is 80.3 cm³/mol. The molecule has 0 spiro atoms. The molecule has 24 heavy (non-hydrogen) atoms. The van der Waals surface area contributed by atoms with E-state index in [2.05, 4.69) is 12.5 Å². The Hall–Kier alpha value is 0.520. The van der Waals surface area contributed by atoms with Crippen molar-refractivity contribution >= 4 is 60.0 Å². The lowest BCUT2D eigenvalue weighted by Crippen LogP contribution is -2.60. The Balaban J connectivity index is 3.35. The zero-order chi connectivity index (χ0) is 18.9. The van der Waals surface area contributed by atoms with E-state index in [0.29, 0.717) is 0 Å². The third-order valence-corrected chi connectivity index (χ3v) is 4.65. The summed E-state index contributed by atoms with van der Waals surface area (Å²) in [6.45, 7) is 1.25. The maximum atomic E-state index is 11.2. The van der Waals surface area contributed by atoms with Gasteiger partial charge in [0.05, 0.1) is 6.10 Å². The number of hydrogen-bond donors (Lipinski definition) is 0. The number of ether oxygens (including phenoxy) is 2. The maximum absolute atomic E-state index is 11.2. The minimum absolute atomic E-state index is 1.07. The van der Waals surface area contributed by atoms with E-state index in [9.17, 15) is 25.3 Å². The second-order valence-corrected chi connectivity index (χ2v) is 10.6. The van der Waals surface area contributed by atoms with Gasteiger partial charge in [0.25, 0.3) is 0 Å². The van der Waals surface area contributed by atoms with Gasteiger partial charge >= 0.3 is 28.0 Å². The van der Waals surface area contributed by atoms with Crippen LogP contribution in [-0.2, 0) is 50.0 Å². The zero-order valence-corrected chi connectivity index (χ0v) is 16.5. The molecule has 1 saturated heterocycles. The Labute approximate surface area is 151 Å². The first kappa shape index (κ1) is 22.6. The first-order chi connectivity index (χ1) is 10.6. The summed E-state index contributed by atoms with van der Waals surface area (Å²) in [5.41, 5.74) is 0. The number of halogens is 3. The molecule has 0 aromatic carbocycles. The van der Waals surface area contributed by atoms with E-state index in [0.717, 1.165) is 7.11 Å². The molecule has 1 aliphatic heterocycles. The summed E-state index contributed by atoms with van der Waals surface area (Å²) in [5, 5.41) is 0. The molecule has 17 heteroatoms. The van der Waals surface area contributed by atoms with Gasteiger partial charge < -0.3 is 9.47 Å². The molecule has 0 bridgehead atoms. The average molecular weight is 474 g/mol. The van der Waals surface area contributed by atoms with Crippen molar-refractivity contribution in [3.05, 3.63) is 0 Å². The SMILES string of the molecule is CO[C@H]1O[C@@H](C)[C@@H](OS(=O)(=O)Cl)[C@@H](OS(=O)(=O)Cl)[C@@H]1OS(=O)(=O)Cl. The van der Waals surface area contributed by atoms with Crippen LogP contribution < -0.4 is 0 Å². The van der Waals surface area contributed by atoms with Crippen molar-refractivity contribution in [3.8, 4) is 0 Å². The highest BCUT2D eigenvalue weighted by Crippen LogP contribution is 2.32. The van der Waals surface area contributed by atoms with Gasteiger partial charge in [0.1, 0.15) is 12.2 Å². The molecule has 144 valence electrons. The molecule has 1 aliphatic rings. The van der Waals surface area contributed by atoms with Gasteiger partial charge in [0.2, 0.25) is 0 Å². The normalized spacial score (nSPS) is 32.6. The van der Waals surface area contributed by atoms with E-state index < -0.39 is 58.7 Å². The van der Waals surface area contributed by atoms with Crippen molar-refractivity contribution in [2.75, 3.05) is 7.11 Å². The molecule has 0 aliphatic carbocycles. The van der Waals surface area contributed by atoms with Crippen molar-refractivity contribution in [1.82, 2.24) is 0 Å². The molecule has 0 N–H and O–H groups in total. The largest absolute Gasteiger partial charge is 0.356 e. The van der Waals surface area contributed by atoms with Crippen LogP contribution in [0.2, 0.25) is 0 Å². The van der Waals surface area contributed by atoms with E-state index >= 15 is 0 Å². The summed E-state index contributed by atoms with van der Waals surface area (Å²) in [7, 11) is 1.90. The number of hydrogen-bond acceptors (Lipinski definition) is 11. The summed E-state index contributed by atoms with van der Waals surface area (Å²) < 4.78 is 90.4.